The first-order valence-corrected chi connectivity index (χ1v) is 8.14. The Bertz CT molecular complexity index is 534. The first-order valence-electron chi connectivity index (χ1n) is 6.25. The van der Waals surface area contributed by atoms with Gasteiger partial charge in [-0.1, -0.05) is 24.3 Å². The summed E-state index contributed by atoms with van der Waals surface area (Å²) in [4.78, 5) is 0.386. The van der Waals surface area contributed by atoms with Crippen LogP contribution in [0.4, 0.5) is 5.69 Å². The molecule has 2 rings (SSSR count). The van der Waals surface area contributed by atoms with Crippen LogP contribution in [0.2, 0.25) is 0 Å². The Morgan fingerprint density at radius 2 is 2.06 bits per heavy atom. The van der Waals surface area contributed by atoms with Crippen LogP contribution < -0.4 is 5.32 Å². The number of rotatable bonds is 4. The van der Waals surface area contributed by atoms with Crippen LogP contribution in [-0.2, 0) is 9.84 Å². The third-order valence-corrected chi connectivity index (χ3v) is 4.40. The van der Waals surface area contributed by atoms with E-state index < -0.39 is 9.84 Å². The van der Waals surface area contributed by atoms with Crippen molar-refractivity contribution in [1.82, 2.24) is 0 Å². The summed E-state index contributed by atoms with van der Waals surface area (Å²) in [7, 11) is -3.16. The molecular weight excluding hydrogens is 246 g/mol. The highest BCUT2D eigenvalue weighted by Crippen LogP contribution is 2.23. The molecular formula is C14H19NO2S. The van der Waals surface area contributed by atoms with E-state index in [1.54, 1.807) is 12.1 Å². The van der Waals surface area contributed by atoms with Crippen LogP contribution >= 0.6 is 0 Å². The van der Waals surface area contributed by atoms with Crippen molar-refractivity contribution in [3.8, 4) is 0 Å². The van der Waals surface area contributed by atoms with Gasteiger partial charge in [0.15, 0.2) is 9.84 Å². The number of hydrogen-bond donors (Lipinski definition) is 1. The molecule has 0 fully saturated rings. The van der Waals surface area contributed by atoms with Crippen molar-refractivity contribution in [2.75, 3.05) is 18.1 Å². The van der Waals surface area contributed by atoms with Gasteiger partial charge in [0.2, 0.25) is 0 Å². The van der Waals surface area contributed by atoms with Gasteiger partial charge in [0.05, 0.1) is 10.6 Å². The minimum absolute atomic E-state index is 0.386. The molecule has 1 aliphatic carbocycles. The molecule has 1 N–H and O–H groups in total. The highest BCUT2D eigenvalue weighted by molar-refractivity contribution is 7.90. The van der Waals surface area contributed by atoms with Crippen molar-refractivity contribution in [2.24, 2.45) is 5.92 Å². The molecule has 0 saturated heterocycles. The molecule has 1 aromatic carbocycles. The van der Waals surface area contributed by atoms with Crippen molar-refractivity contribution < 1.29 is 8.42 Å². The largest absolute Gasteiger partial charge is 0.384 e. The van der Waals surface area contributed by atoms with Crippen LogP contribution in [0.25, 0.3) is 0 Å². The lowest BCUT2D eigenvalue weighted by Gasteiger charge is -2.19. The number of benzene rings is 1. The lowest BCUT2D eigenvalue weighted by Crippen LogP contribution is -2.16. The molecule has 0 saturated carbocycles. The summed E-state index contributed by atoms with van der Waals surface area (Å²) in [5.41, 5.74) is 0.717. The predicted molar refractivity (Wildman–Crippen MR) is 74.5 cm³/mol. The zero-order chi connectivity index (χ0) is 13.0. The zero-order valence-corrected chi connectivity index (χ0v) is 11.4. The van der Waals surface area contributed by atoms with Crippen LogP contribution in [-0.4, -0.2) is 21.2 Å². The fourth-order valence-electron chi connectivity index (χ4n) is 2.23. The maximum absolute atomic E-state index is 11.7. The van der Waals surface area contributed by atoms with E-state index in [2.05, 4.69) is 17.5 Å². The third kappa shape index (κ3) is 3.35. The summed E-state index contributed by atoms with van der Waals surface area (Å²) < 4.78 is 23.3. The Kier molecular flexibility index (Phi) is 4.07. The van der Waals surface area contributed by atoms with Crippen molar-refractivity contribution in [2.45, 2.75) is 24.2 Å². The number of para-hydroxylation sites is 1. The molecule has 4 heteroatoms. The topological polar surface area (TPSA) is 46.2 Å². The summed E-state index contributed by atoms with van der Waals surface area (Å²) in [5.74, 6) is 0.600. The first-order chi connectivity index (χ1) is 8.57. The van der Waals surface area contributed by atoms with Gasteiger partial charge in [-0.05, 0) is 37.3 Å². The van der Waals surface area contributed by atoms with Crippen molar-refractivity contribution in [1.29, 1.82) is 0 Å². The monoisotopic (exact) mass is 265 g/mol. The fraction of sp³-hybridized carbons (Fsp3) is 0.429. The second-order valence-corrected chi connectivity index (χ2v) is 6.78. The van der Waals surface area contributed by atoms with E-state index >= 15 is 0 Å². The molecule has 18 heavy (non-hydrogen) atoms. The number of hydrogen-bond acceptors (Lipinski definition) is 3. The summed E-state index contributed by atoms with van der Waals surface area (Å²) in [6.45, 7) is 0.830. The number of anilines is 1. The highest BCUT2D eigenvalue weighted by Gasteiger charge is 2.14. The summed E-state index contributed by atoms with van der Waals surface area (Å²) in [6, 6.07) is 7.09. The molecule has 3 nitrogen and oxygen atoms in total. The van der Waals surface area contributed by atoms with Crippen molar-refractivity contribution >= 4 is 15.5 Å². The normalized spacial score (nSPS) is 19.7. The van der Waals surface area contributed by atoms with Gasteiger partial charge in [-0.2, -0.15) is 0 Å². The predicted octanol–water partition coefficient (Wildman–Crippen LogP) is 2.86. The molecule has 1 aliphatic rings. The molecule has 98 valence electrons. The molecule has 1 aromatic rings. The maximum Gasteiger partial charge on any atom is 0.177 e. The van der Waals surface area contributed by atoms with Gasteiger partial charge in [-0.15, -0.1) is 0 Å². The molecule has 0 spiro atoms. The van der Waals surface area contributed by atoms with Crippen molar-refractivity contribution in [3.63, 3.8) is 0 Å². The maximum atomic E-state index is 11.7. The van der Waals surface area contributed by atoms with Gasteiger partial charge in [-0.25, -0.2) is 8.42 Å². The van der Waals surface area contributed by atoms with E-state index in [1.807, 2.05) is 12.1 Å². The van der Waals surface area contributed by atoms with Crippen LogP contribution in [0, 0.1) is 5.92 Å². The molecule has 0 bridgehead atoms. The Morgan fingerprint density at radius 3 is 2.72 bits per heavy atom. The molecule has 0 aliphatic heterocycles. The standard InChI is InChI=1S/C14H19NO2S/c1-18(16,17)14-10-6-5-9-13(14)15-11-12-7-3-2-4-8-12/h2-3,5-6,9-10,12,15H,4,7-8,11H2,1H3. The first kappa shape index (κ1) is 13.1. The van der Waals surface area contributed by atoms with E-state index in [4.69, 9.17) is 0 Å². The van der Waals surface area contributed by atoms with Gasteiger partial charge in [0, 0.05) is 12.8 Å². The minimum atomic E-state index is -3.16. The van der Waals surface area contributed by atoms with Crippen molar-refractivity contribution in [3.05, 3.63) is 36.4 Å². The quantitative estimate of drug-likeness (QED) is 0.851. The minimum Gasteiger partial charge on any atom is -0.384 e. The van der Waals surface area contributed by atoms with Gasteiger partial charge < -0.3 is 5.32 Å². The lowest BCUT2D eigenvalue weighted by molar-refractivity contribution is 0.504. The SMILES string of the molecule is CS(=O)(=O)c1ccccc1NCC1CC=CCC1. The van der Waals surface area contributed by atoms with E-state index in [0.717, 1.165) is 25.1 Å². The Balaban J connectivity index is 2.07. The average Bonchev–Trinajstić information content (AvgIpc) is 2.37. The van der Waals surface area contributed by atoms with E-state index in [1.165, 1.54) is 12.7 Å². The second kappa shape index (κ2) is 5.57. The average molecular weight is 265 g/mol. The van der Waals surface area contributed by atoms with E-state index in [0.29, 0.717) is 10.8 Å². The highest BCUT2D eigenvalue weighted by atomic mass is 32.2. The lowest BCUT2D eigenvalue weighted by atomic mass is 9.94. The Hall–Kier alpha value is -1.29. The van der Waals surface area contributed by atoms with Gasteiger partial charge >= 0.3 is 0 Å². The van der Waals surface area contributed by atoms with Crippen LogP contribution in [0.15, 0.2) is 41.3 Å². The molecule has 0 amide bonds. The van der Waals surface area contributed by atoms with Gasteiger partial charge in [0.1, 0.15) is 0 Å². The zero-order valence-electron chi connectivity index (χ0n) is 10.6. The number of nitrogens with one attached hydrogen (secondary N) is 1. The molecule has 0 aromatic heterocycles. The van der Waals surface area contributed by atoms with E-state index in [-0.39, 0.29) is 0 Å². The Morgan fingerprint density at radius 1 is 1.28 bits per heavy atom. The summed E-state index contributed by atoms with van der Waals surface area (Å²) >= 11 is 0. The van der Waals surface area contributed by atoms with Gasteiger partial charge in [-0.3, -0.25) is 0 Å². The third-order valence-electron chi connectivity index (χ3n) is 3.25. The molecule has 1 unspecified atom stereocenters. The number of allylic oxidation sites excluding steroid dienone is 2. The molecule has 0 radical (unpaired) electrons. The fourth-order valence-corrected chi connectivity index (χ4v) is 3.10. The number of sulfone groups is 1. The summed E-state index contributed by atoms with van der Waals surface area (Å²) in [5, 5.41) is 3.28. The van der Waals surface area contributed by atoms with Crippen LogP contribution in [0.5, 0.6) is 0 Å². The van der Waals surface area contributed by atoms with Crippen LogP contribution in [0.3, 0.4) is 0 Å². The van der Waals surface area contributed by atoms with Crippen LogP contribution in [0.1, 0.15) is 19.3 Å². The second-order valence-electron chi connectivity index (χ2n) is 4.80. The van der Waals surface area contributed by atoms with E-state index in [9.17, 15) is 8.42 Å². The van der Waals surface area contributed by atoms with Gasteiger partial charge in [0.25, 0.3) is 0 Å². The molecule has 1 atom stereocenters. The summed E-state index contributed by atoms with van der Waals surface area (Å²) in [6.07, 6.45) is 9.04. The Labute approximate surface area is 109 Å². The smallest absolute Gasteiger partial charge is 0.177 e. The molecule has 0 heterocycles.